The van der Waals surface area contributed by atoms with Crippen molar-refractivity contribution in [3.63, 3.8) is 0 Å². The molecule has 0 spiro atoms. The monoisotopic (exact) mass is 449 g/mol. The average Bonchev–Trinajstić information content (AvgIpc) is 2.73. The van der Waals surface area contributed by atoms with Gasteiger partial charge in [-0.15, -0.1) is 0 Å². The summed E-state index contributed by atoms with van der Waals surface area (Å²) in [6, 6.07) is 11.6. The highest BCUT2D eigenvalue weighted by atomic mass is 35.5. The molecule has 10 heteroatoms. The van der Waals surface area contributed by atoms with Crippen molar-refractivity contribution in [3.8, 4) is 6.07 Å². The Labute approximate surface area is 180 Å². The number of nitrogens with one attached hydrogen (secondary N) is 1. The van der Waals surface area contributed by atoms with E-state index in [1.807, 2.05) is 6.07 Å². The van der Waals surface area contributed by atoms with Crippen LogP contribution < -0.4 is 5.32 Å². The Bertz CT molecular complexity index is 1070. The van der Waals surface area contributed by atoms with Gasteiger partial charge < -0.3 is 10.1 Å². The van der Waals surface area contributed by atoms with Crippen LogP contribution in [0.1, 0.15) is 29.8 Å². The van der Waals surface area contributed by atoms with Gasteiger partial charge in [0, 0.05) is 18.1 Å². The van der Waals surface area contributed by atoms with Crippen molar-refractivity contribution >= 4 is 39.2 Å². The maximum Gasteiger partial charge on any atom is 0.338 e. The van der Waals surface area contributed by atoms with E-state index >= 15 is 0 Å². The van der Waals surface area contributed by atoms with Gasteiger partial charge in [0.25, 0.3) is 5.91 Å². The largest absolute Gasteiger partial charge is 0.452 e. The molecule has 0 aromatic heterocycles. The maximum absolute atomic E-state index is 12.5. The molecule has 0 bridgehead atoms. The van der Waals surface area contributed by atoms with Gasteiger partial charge in [-0.3, -0.25) is 4.79 Å². The number of esters is 1. The molecule has 0 aliphatic carbocycles. The number of halogens is 1. The highest BCUT2D eigenvalue weighted by Crippen LogP contribution is 2.20. The first-order chi connectivity index (χ1) is 14.2. The number of anilines is 1. The van der Waals surface area contributed by atoms with E-state index in [0.717, 1.165) is 0 Å². The lowest BCUT2D eigenvalue weighted by molar-refractivity contribution is -0.119. The fourth-order valence-electron chi connectivity index (χ4n) is 2.59. The minimum atomic E-state index is -3.63. The number of rotatable bonds is 8. The third-order valence-corrected chi connectivity index (χ3v) is 6.44. The molecule has 0 saturated carbocycles. The number of carbonyl (C=O) groups excluding carboxylic acids is 2. The molecule has 0 saturated heterocycles. The van der Waals surface area contributed by atoms with Crippen molar-refractivity contribution in [2.24, 2.45) is 0 Å². The van der Waals surface area contributed by atoms with E-state index in [1.54, 1.807) is 13.8 Å². The molecule has 0 fully saturated rings. The lowest BCUT2D eigenvalue weighted by Gasteiger charge is -2.18. The van der Waals surface area contributed by atoms with Crippen LogP contribution in [0.2, 0.25) is 5.02 Å². The summed E-state index contributed by atoms with van der Waals surface area (Å²) in [7, 11) is -3.63. The predicted octanol–water partition coefficient (Wildman–Crippen LogP) is 3.04. The van der Waals surface area contributed by atoms with E-state index in [4.69, 9.17) is 21.6 Å². The van der Waals surface area contributed by atoms with Crippen molar-refractivity contribution in [3.05, 3.63) is 58.6 Å². The van der Waals surface area contributed by atoms with Crippen molar-refractivity contribution in [1.82, 2.24) is 4.31 Å². The minimum Gasteiger partial charge on any atom is -0.452 e. The number of benzene rings is 2. The van der Waals surface area contributed by atoms with Crippen LogP contribution in [0.25, 0.3) is 0 Å². The zero-order valence-corrected chi connectivity index (χ0v) is 18.0. The number of nitriles is 1. The summed E-state index contributed by atoms with van der Waals surface area (Å²) in [6.45, 7) is 3.55. The van der Waals surface area contributed by atoms with Gasteiger partial charge in [-0.1, -0.05) is 25.4 Å². The van der Waals surface area contributed by atoms with Gasteiger partial charge in [-0.2, -0.15) is 9.57 Å². The second kappa shape index (κ2) is 10.2. The molecule has 158 valence electrons. The molecule has 8 nitrogen and oxygen atoms in total. The number of amides is 1. The van der Waals surface area contributed by atoms with Crippen LogP contribution in [0, 0.1) is 11.3 Å². The quantitative estimate of drug-likeness (QED) is 0.619. The Hall–Kier alpha value is -2.93. The normalized spacial score (nSPS) is 11.0. The highest BCUT2D eigenvalue weighted by Gasteiger charge is 2.22. The summed E-state index contributed by atoms with van der Waals surface area (Å²) < 4.78 is 31.2. The summed E-state index contributed by atoms with van der Waals surface area (Å²) in [4.78, 5) is 24.2. The van der Waals surface area contributed by atoms with Crippen molar-refractivity contribution in [2.75, 3.05) is 25.0 Å². The third-order valence-electron chi connectivity index (χ3n) is 4.14. The van der Waals surface area contributed by atoms with Gasteiger partial charge in [0.1, 0.15) is 6.07 Å². The van der Waals surface area contributed by atoms with E-state index in [2.05, 4.69) is 5.32 Å². The Morgan fingerprint density at radius 1 is 1.13 bits per heavy atom. The van der Waals surface area contributed by atoms with E-state index in [-0.39, 0.29) is 21.7 Å². The first-order valence-electron chi connectivity index (χ1n) is 8.99. The molecule has 1 amide bonds. The van der Waals surface area contributed by atoms with Gasteiger partial charge >= 0.3 is 5.97 Å². The van der Waals surface area contributed by atoms with Gasteiger partial charge in [0.15, 0.2) is 6.61 Å². The molecule has 1 N–H and O–H groups in total. The van der Waals surface area contributed by atoms with E-state index in [9.17, 15) is 18.0 Å². The summed E-state index contributed by atoms with van der Waals surface area (Å²) in [5, 5.41) is 11.8. The molecule has 2 aromatic carbocycles. The first-order valence-corrected chi connectivity index (χ1v) is 10.8. The lowest BCUT2D eigenvalue weighted by Crippen LogP contribution is -2.30. The van der Waals surface area contributed by atoms with E-state index in [0.29, 0.717) is 18.1 Å². The van der Waals surface area contributed by atoms with Gasteiger partial charge in [0.2, 0.25) is 10.0 Å². The van der Waals surface area contributed by atoms with Crippen LogP contribution in [-0.2, 0) is 19.6 Å². The van der Waals surface area contributed by atoms with E-state index in [1.165, 1.54) is 46.8 Å². The second-order valence-corrected chi connectivity index (χ2v) is 8.41. The van der Waals surface area contributed by atoms with Crippen LogP contribution in [0.5, 0.6) is 0 Å². The molecule has 30 heavy (non-hydrogen) atoms. The average molecular weight is 450 g/mol. The molecule has 2 aromatic rings. The van der Waals surface area contributed by atoms with Crippen molar-refractivity contribution in [1.29, 1.82) is 5.26 Å². The molecule has 0 radical (unpaired) electrons. The zero-order valence-electron chi connectivity index (χ0n) is 16.4. The Balaban J connectivity index is 2.01. The lowest BCUT2D eigenvalue weighted by atomic mass is 10.2. The molecule has 0 aliphatic rings. The summed E-state index contributed by atoms with van der Waals surface area (Å²) >= 11 is 5.86. The summed E-state index contributed by atoms with van der Waals surface area (Å²) in [6.07, 6.45) is 0. The minimum absolute atomic E-state index is 0.0606. The summed E-state index contributed by atoms with van der Waals surface area (Å²) in [5.74, 6) is -1.44. The first kappa shape index (κ1) is 23.3. The van der Waals surface area contributed by atoms with Crippen LogP contribution in [-0.4, -0.2) is 44.3 Å². The van der Waals surface area contributed by atoms with E-state index < -0.39 is 28.5 Å². The summed E-state index contributed by atoms with van der Waals surface area (Å²) in [5.41, 5.74) is 0.517. The van der Waals surface area contributed by atoms with Crippen LogP contribution >= 0.6 is 11.6 Å². The van der Waals surface area contributed by atoms with Crippen LogP contribution in [0.15, 0.2) is 47.4 Å². The smallest absolute Gasteiger partial charge is 0.338 e. The molecular formula is C20H20ClN3O5S. The fraction of sp³-hybridized carbons (Fsp3) is 0.250. The van der Waals surface area contributed by atoms with Crippen LogP contribution in [0.4, 0.5) is 5.69 Å². The van der Waals surface area contributed by atoms with Gasteiger partial charge in [-0.05, 0) is 42.5 Å². The maximum atomic E-state index is 12.5. The Morgan fingerprint density at radius 3 is 2.33 bits per heavy atom. The molecule has 0 unspecified atom stereocenters. The van der Waals surface area contributed by atoms with Gasteiger partial charge in [-0.25, -0.2) is 13.2 Å². The third kappa shape index (κ3) is 5.57. The molecule has 2 rings (SSSR count). The molecule has 0 aliphatic heterocycles. The molecule has 0 heterocycles. The van der Waals surface area contributed by atoms with Crippen molar-refractivity contribution in [2.45, 2.75) is 18.7 Å². The van der Waals surface area contributed by atoms with Crippen LogP contribution in [0.3, 0.4) is 0 Å². The standard InChI is InChI=1S/C20H20ClN3O5S/c1-3-24(4-2)30(27,28)17-9-6-14(7-10-17)20(26)29-13-19(25)23-18-11-16(21)8-5-15(18)12-22/h5-11H,3-4,13H2,1-2H3,(H,23,25). The zero-order chi connectivity index (χ0) is 22.3. The molecule has 0 atom stereocenters. The topological polar surface area (TPSA) is 117 Å². The molecular weight excluding hydrogens is 430 g/mol. The Morgan fingerprint density at radius 2 is 1.77 bits per heavy atom. The Kier molecular flexibility index (Phi) is 7.94. The number of hydrogen-bond donors (Lipinski definition) is 1. The SMILES string of the molecule is CCN(CC)S(=O)(=O)c1ccc(C(=O)OCC(=O)Nc2cc(Cl)ccc2C#N)cc1. The highest BCUT2D eigenvalue weighted by molar-refractivity contribution is 7.89. The number of carbonyl (C=O) groups is 2. The second-order valence-electron chi connectivity index (χ2n) is 6.04. The number of ether oxygens (including phenoxy) is 1. The predicted molar refractivity (Wildman–Crippen MR) is 112 cm³/mol. The van der Waals surface area contributed by atoms with Crippen molar-refractivity contribution < 1.29 is 22.7 Å². The van der Waals surface area contributed by atoms with Gasteiger partial charge in [0.05, 0.1) is 21.7 Å². The number of sulfonamides is 1. The number of nitrogens with zero attached hydrogens (tertiary/aromatic N) is 2. The fourth-order valence-corrected chi connectivity index (χ4v) is 4.22. The number of hydrogen-bond acceptors (Lipinski definition) is 6.